The summed E-state index contributed by atoms with van der Waals surface area (Å²) < 4.78 is 0. The van der Waals surface area contributed by atoms with E-state index >= 15 is 0 Å². The summed E-state index contributed by atoms with van der Waals surface area (Å²) in [5.41, 5.74) is 2.46. The fourth-order valence-corrected chi connectivity index (χ4v) is 3.78. The van der Waals surface area contributed by atoms with Crippen LogP contribution < -0.4 is 0 Å². The summed E-state index contributed by atoms with van der Waals surface area (Å²) in [6, 6.07) is 11.4. The van der Waals surface area contributed by atoms with Gasteiger partial charge in [-0.15, -0.1) is 0 Å². The molecule has 108 valence electrons. The molecule has 1 aromatic carbocycles. The van der Waals surface area contributed by atoms with Crippen molar-refractivity contribution in [2.45, 2.75) is 44.6 Å². The minimum absolute atomic E-state index is 0.457. The summed E-state index contributed by atoms with van der Waals surface area (Å²) in [5.74, 6) is 0.457. The van der Waals surface area contributed by atoms with E-state index in [2.05, 4.69) is 40.4 Å². The third kappa shape index (κ3) is 2.88. The molecule has 2 atom stereocenters. The van der Waals surface area contributed by atoms with Gasteiger partial charge < -0.3 is 5.21 Å². The van der Waals surface area contributed by atoms with Crippen LogP contribution in [0.5, 0.6) is 0 Å². The van der Waals surface area contributed by atoms with Gasteiger partial charge in [-0.1, -0.05) is 41.9 Å². The van der Waals surface area contributed by atoms with Gasteiger partial charge in [0.05, 0.1) is 5.71 Å². The zero-order valence-corrected chi connectivity index (χ0v) is 12.0. The highest BCUT2D eigenvalue weighted by atomic mass is 16.4. The SMILES string of the molecule is ON=C1CCCCC1CN1CCCC1c1ccccc1. The van der Waals surface area contributed by atoms with Gasteiger partial charge in [-0.3, -0.25) is 4.90 Å². The molecule has 0 amide bonds. The standard InChI is InChI=1S/C17H24N2O/c20-18-16-10-5-4-9-15(16)13-19-12-6-11-17(19)14-7-2-1-3-8-14/h1-3,7-8,15,17,20H,4-6,9-13H2. The summed E-state index contributed by atoms with van der Waals surface area (Å²) in [4.78, 5) is 2.59. The normalized spacial score (nSPS) is 29.9. The van der Waals surface area contributed by atoms with Crippen LogP contribution in [0.3, 0.4) is 0 Å². The molecule has 3 nitrogen and oxygen atoms in total. The smallest absolute Gasteiger partial charge is 0.0614 e. The summed E-state index contributed by atoms with van der Waals surface area (Å²) in [6.07, 6.45) is 7.13. The number of hydrogen-bond donors (Lipinski definition) is 1. The first-order valence-electron chi connectivity index (χ1n) is 7.88. The Morgan fingerprint density at radius 2 is 1.95 bits per heavy atom. The number of nitrogens with zero attached hydrogens (tertiary/aromatic N) is 2. The fourth-order valence-electron chi connectivity index (χ4n) is 3.78. The van der Waals surface area contributed by atoms with E-state index in [1.807, 2.05) is 0 Å². The molecule has 0 radical (unpaired) electrons. The molecule has 1 heterocycles. The average Bonchev–Trinajstić information content (AvgIpc) is 2.97. The maximum Gasteiger partial charge on any atom is 0.0614 e. The largest absolute Gasteiger partial charge is 0.411 e. The molecule has 2 aliphatic rings. The Bertz CT molecular complexity index is 457. The Kier molecular flexibility index (Phi) is 4.36. The van der Waals surface area contributed by atoms with Crippen LogP contribution in [-0.2, 0) is 0 Å². The fraction of sp³-hybridized carbons (Fsp3) is 0.588. The highest BCUT2D eigenvalue weighted by Gasteiger charge is 2.30. The maximum absolute atomic E-state index is 9.19. The molecule has 1 saturated heterocycles. The van der Waals surface area contributed by atoms with Crippen molar-refractivity contribution in [3.05, 3.63) is 35.9 Å². The Morgan fingerprint density at radius 1 is 1.10 bits per heavy atom. The summed E-state index contributed by atoms with van der Waals surface area (Å²) >= 11 is 0. The van der Waals surface area contributed by atoms with Crippen LogP contribution in [0.2, 0.25) is 0 Å². The van der Waals surface area contributed by atoms with Gasteiger partial charge in [0.25, 0.3) is 0 Å². The molecule has 2 fully saturated rings. The molecule has 2 unspecified atom stereocenters. The average molecular weight is 272 g/mol. The summed E-state index contributed by atoms with van der Waals surface area (Å²) in [6.45, 7) is 2.23. The zero-order chi connectivity index (χ0) is 13.8. The Morgan fingerprint density at radius 3 is 2.75 bits per heavy atom. The van der Waals surface area contributed by atoms with Crippen molar-refractivity contribution in [2.75, 3.05) is 13.1 Å². The lowest BCUT2D eigenvalue weighted by Crippen LogP contribution is -2.34. The van der Waals surface area contributed by atoms with E-state index in [4.69, 9.17) is 0 Å². The van der Waals surface area contributed by atoms with Crippen molar-refractivity contribution < 1.29 is 5.21 Å². The van der Waals surface area contributed by atoms with Crippen LogP contribution in [0.1, 0.15) is 50.1 Å². The molecule has 1 aliphatic carbocycles. The molecule has 0 bridgehead atoms. The summed E-state index contributed by atoms with van der Waals surface area (Å²) in [7, 11) is 0. The second-order valence-corrected chi connectivity index (χ2v) is 6.10. The Labute approximate surface area is 121 Å². The van der Waals surface area contributed by atoms with Gasteiger partial charge in [0.1, 0.15) is 0 Å². The van der Waals surface area contributed by atoms with Gasteiger partial charge in [-0.05, 0) is 44.2 Å². The van der Waals surface area contributed by atoms with E-state index < -0.39 is 0 Å². The van der Waals surface area contributed by atoms with Crippen LogP contribution in [0.4, 0.5) is 0 Å². The van der Waals surface area contributed by atoms with E-state index in [-0.39, 0.29) is 0 Å². The van der Waals surface area contributed by atoms with Crippen molar-refractivity contribution in [2.24, 2.45) is 11.1 Å². The van der Waals surface area contributed by atoms with E-state index in [9.17, 15) is 5.21 Å². The topological polar surface area (TPSA) is 35.8 Å². The third-order valence-corrected chi connectivity index (χ3v) is 4.84. The Balaban J connectivity index is 1.70. The van der Waals surface area contributed by atoms with Crippen molar-refractivity contribution in [1.29, 1.82) is 0 Å². The first-order chi connectivity index (χ1) is 9.88. The minimum atomic E-state index is 0.457. The number of benzene rings is 1. The quantitative estimate of drug-likeness (QED) is 0.670. The zero-order valence-electron chi connectivity index (χ0n) is 12.0. The van der Waals surface area contributed by atoms with Crippen molar-refractivity contribution in [3.8, 4) is 0 Å². The number of rotatable bonds is 3. The lowest BCUT2D eigenvalue weighted by Gasteiger charge is -2.31. The molecule has 20 heavy (non-hydrogen) atoms. The molecule has 0 aromatic heterocycles. The predicted molar refractivity (Wildman–Crippen MR) is 81.2 cm³/mol. The van der Waals surface area contributed by atoms with E-state index in [0.29, 0.717) is 12.0 Å². The first kappa shape index (κ1) is 13.6. The lowest BCUT2D eigenvalue weighted by atomic mass is 9.86. The van der Waals surface area contributed by atoms with Crippen LogP contribution in [0.25, 0.3) is 0 Å². The molecular weight excluding hydrogens is 248 g/mol. The van der Waals surface area contributed by atoms with Crippen molar-refractivity contribution in [3.63, 3.8) is 0 Å². The number of likely N-dealkylation sites (tertiary alicyclic amines) is 1. The van der Waals surface area contributed by atoms with Crippen LogP contribution in [0.15, 0.2) is 35.5 Å². The van der Waals surface area contributed by atoms with Crippen LogP contribution in [-0.4, -0.2) is 28.9 Å². The predicted octanol–water partition coefficient (Wildman–Crippen LogP) is 3.84. The monoisotopic (exact) mass is 272 g/mol. The van der Waals surface area contributed by atoms with E-state index in [0.717, 1.165) is 18.7 Å². The van der Waals surface area contributed by atoms with E-state index in [1.165, 1.54) is 44.2 Å². The number of hydrogen-bond acceptors (Lipinski definition) is 3. The van der Waals surface area contributed by atoms with Crippen molar-refractivity contribution >= 4 is 5.71 Å². The molecule has 3 rings (SSSR count). The first-order valence-corrected chi connectivity index (χ1v) is 7.88. The summed E-state index contributed by atoms with van der Waals surface area (Å²) in [5, 5.41) is 12.7. The van der Waals surface area contributed by atoms with Crippen LogP contribution >= 0.6 is 0 Å². The molecule has 3 heteroatoms. The Hall–Kier alpha value is -1.35. The van der Waals surface area contributed by atoms with Crippen molar-refractivity contribution in [1.82, 2.24) is 4.90 Å². The second kappa shape index (κ2) is 6.40. The van der Waals surface area contributed by atoms with Crippen LogP contribution in [0, 0.1) is 5.92 Å². The third-order valence-electron chi connectivity index (χ3n) is 4.84. The maximum atomic E-state index is 9.19. The molecular formula is C17H24N2O. The van der Waals surface area contributed by atoms with Gasteiger partial charge in [0.15, 0.2) is 0 Å². The second-order valence-electron chi connectivity index (χ2n) is 6.10. The van der Waals surface area contributed by atoms with Gasteiger partial charge in [0.2, 0.25) is 0 Å². The van der Waals surface area contributed by atoms with Gasteiger partial charge >= 0.3 is 0 Å². The van der Waals surface area contributed by atoms with Gasteiger partial charge in [0, 0.05) is 18.5 Å². The molecule has 0 spiro atoms. The molecule has 1 aliphatic heterocycles. The molecule has 1 saturated carbocycles. The highest BCUT2D eigenvalue weighted by Crippen LogP contribution is 2.34. The lowest BCUT2D eigenvalue weighted by molar-refractivity contribution is 0.223. The minimum Gasteiger partial charge on any atom is -0.411 e. The van der Waals surface area contributed by atoms with E-state index in [1.54, 1.807) is 0 Å². The molecule has 1 aromatic rings. The molecule has 1 N–H and O–H groups in total. The highest BCUT2D eigenvalue weighted by molar-refractivity contribution is 5.87. The van der Waals surface area contributed by atoms with Gasteiger partial charge in [-0.2, -0.15) is 0 Å². The number of oxime groups is 1. The van der Waals surface area contributed by atoms with Gasteiger partial charge in [-0.25, -0.2) is 0 Å².